The van der Waals surface area contributed by atoms with Crippen LogP contribution in [-0.2, 0) is 16.4 Å². The molecule has 0 bridgehead atoms. The molecule has 0 fully saturated rings. The van der Waals surface area contributed by atoms with E-state index < -0.39 is 9.84 Å². The number of hydrogen-bond donors (Lipinski definition) is 1. The van der Waals surface area contributed by atoms with Gasteiger partial charge in [-0.1, -0.05) is 30.3 Å². The SMILES string of the molecule is CS(=O)(=O)c1ccc(Nc2ncc3cnn(Cc4ccccc4)c3n2)cc1. The summed E-state index contributed by atoms with van der Waals surface area (Å²) in [7, 11) is -3.22. The monoisotopic (exact) mass is 379 g/mol. The Morgan fingerprint density at radius 3 is 2.44 bits per heavy atom. The molecule has 0 atom stereocenters. The predicted molar refractivity (Wildman–Crippen MR) is 104 cm³/mol. The standard InChI is InChI=1S/C19H17N5O2S/c1-27(25,26)17-9-7-16(8-10-17)22-19-20-11-15-12-21-24(18(15)23-19)13-14-5-3-2-4-6-14/h2-12H,13H2,1H3,(H,20,22,23). The first-order chi connectivity index (χ1) is 13.0. The molecule has 0 aliphatic rings. The van der Waals surface area contributed by atoms with E-state index in [1.54, 1.807) is 36.7 Å². The summed E-state index contributed by atoms with van der Waals surface area (Å²) < 4.78 is 24.9. The number of aromatic nitrogens is 4. The zero-order valence-corrected chi connectivity index (χ0v) is 15.4. The summed E-state index contributed by atoms with van der Waals surface area (Å²) in [6.45, 7) is 0.615. The van der Waals surface area contributed by atoms with Crippen molar-refractivity contribution < 1.29 is 8.42 Å². The second-order valence-corrected chi connectivity index (χ2v) is 8.20. The summed E-state index contributed by atoms with van der Waals surface area (Å²) >= 11 is 0. The summed E-state index contributed by atoms with van der Waals surface area (Å²) in [6, 6.07) is 16.5. The van der Waals surface area contributed by atoms with Gasteiger partial charge in [0.05, 0.1) is 23.0 Å². The molecule has 0 amide bonds. The number of fused-ring (bicyclic) bond motifs is 1. The second-order valence-electron chi connectivity index (χ2n) is 6.18. The Morgan fingerprint density at radius 1 is 1.00 bits per heavy atom. The van der Waals surface area contributed by atoms with Gasteiger partial charge in [-0.25, -0.2) is 18.1 Å². The maximum atomic E-state index is 11.6. The van der Waals surface area contributed by atoms with Crippen LogP contribution in [0.2, 0.25) is 0 Å². The fourth-order valence-corrected chi connectivity index (χ4v) is 3.34. The molecule has 7 nitrogen and oxygen atoms in total. The maximum absolute atomic E-state index is 11.6. The lowest BCUT2D eigenvalue weighted by Crippen LogP contribution is -2.04. The normalized spacial score (nSPS) is 11.6. The van der Waals surface area contributed by atoms with E-state index in [9.17, 15) is 8.42 Å². The van der Waals surface area contributed by atoms with E-state index in [0.29, 0.717) is 18.2 Å². The van der Waals surface area contributed by atoms with Crippen LogP contribution in [0.1, 0.15) is 5.56 Å². The topological polar surface area (TPSA) is 89.8 Å². The Bertz CT molecular complexity index is 1190. The van der Waals surface area contributed by atoms with E-state index in [1.807, 2.05) is 35.0 Å². The molecule has 0 saturated heterocycles. The van der Waals surface area contributed by atoms with Crippen molar-refractivity contribution in [3.05, 3.63) is 72.6 Å². The Labute approximate surface area is 156 Å². The van der Waals surface area contributed by atoms with Gasteiger partial charge in [-0.2, -0.15) is 10.1 Å². The molecule has 0 aliphatic heterocycles. The molecule has 0 unspecified atom stereocenters. The molecule has 8 heteroatoms. The minimum absolute atomic E-state index is 0.269. The number of nitrogens with zero attached hydrogens (tertiary/aromatic N) is 4. The van der Waals surface area contributed by atoms with Gasteiger partial charge in [-0.15, -0.1) is 0 Å². The van der Waals surface area contributed by atoms with Crippen LogP contribution in [0, 0.1) is 0 Å². The Balaban J connectivity index is 1.60. The fourth-order valence-electron chi connectivity index (χ4n) is 2.71. The van der Waals surface area contributed by atoms with Gasteiger partial charge < -0.3 is 5.32 Å². The molecule has 27 heavy (non-hydrogen) atoms. The van der Waals surface area contributed by atoms with E-state index in [4.69, 9.17) is 0 Å². The predicted octanol–water partition coefficient (Wildman–Crippen LogP) is 3.02. The third-order valence-electron chi connectivity index (χ3n) is 4.09. The first-order valence-electron chi connectivity index (χ1n) is 8.29. The highest BCUT2D eigenvalue weighted by Gasteiger charge is 2.09. The number of nitrogens with one attached hydrogen (secondary N) is 1. The molecule has 2 aromatic heterocycles. The van der Waals surface area contributed by atoms with Gasteiger partial charge in [-0.05, 0) is 29.8 Å². The third-order valence-corrected chi connectivity index (χ3v) is 5.22. The van der Waals surface area contributed by atoms with Crippen molar-refractivity contribution in [3.63, 3.8) is 0 Å². The number of sulfone groups is 1. The zero-order valence-electron chi connectivity index (χ0n) is 14.6. The molecule has 136 valence electrons. The molecule has 0 spiro atoms. The smallest absolute Gasteiger partial charge is 0.229 e. The van der Waals surface area contributed by atoms with Gasteiger partial charge in [0.1, 0.15) is 0 Å². The van der Waals surface area contributed by atoms with Crippen LogP contribution in [0.4, 0.5) is 11.6 Å². The lowest BCUT2D eigenvalue weighted by Gasteiger charge is -2.07. The molecule has 4 rings (SSSR count). The lowest BCUT2D eigenvalue weighted by molar-refractivity contribution is 0.602. The van der Waals surface area contributed by atoms with Crippen LogP contribution in [0.15, 0.2) is 71.9 Å². The molecule has 0 saturated carbocycles. The Morgan fingerprint density at radius 2 is 1.74 bits per heavy atom. The number of rotatable bonds is 5. The van der Waals surface area contributed by atoms with Gasteiger partial charge >= 0.3 is 0 Å². The van der Waals surface area contributed by atoms with E-state index in [-0.39, 0.29) is 4.90 Å². The van der Waals surface area contributed by atoms with Crippen molar-refractivity contribution in [1.82, 2.24) is 19.7 Å². The van der Waals surface area contributed by atoms with Crippen LogP contribution < -0.4 is 5.32 Å². The lowest BCUT2D eigenvalue weighted by atomic mass is 10.2. The second kappa shape index (κ2) is 6.81. The summed E-state index contributed by atoms with van der Waals surface area (Å²) in [6.07, 6.45) is 4.63. The molecular formula is C19H17N5O2S. The van der Waals surface area contributed by atoms with Crippen LogP contribution in [0.25, 0.3) is 11.0 Å². The molecular weight excluding hydrogens is 362 g/mol. The number of hydrogen-bond acceptors (Lipinski definition) is 6. The van der Waals surface area contributed by atoms with Gasteiger partial charge in [0.2, 0.25) is 5.95 Å². The minimum atomic E-state index is -3.22. The number of anilines is 2. The zero-order chi connectivity index (χ0) is 18.9. The third kappa shape index (κ3) is 3.80. The van der Waals surface area contributed by atoms with Crippen LogP contribution in [0.3, 0.4) is 0 Å². The van der Waals surface area contributed by atoms with Gasteiger partial charge in [0.25, 0.3) is 0 Å². The quantitative estimate of drug-likeness (QED) is 0.573. The highest BCUT2D eigenvalue weighted by molar-refractivity contribution is 7.90. The van der Waals surface area contributed by atoms with Crippen molar-refractivity contribution in [3.8, 4) is 0 Å². The molecule has 1 N–H and O–H groups in total. The van der Waals surface area contributed by atoms with Crippen LogP contribution >= 0.6 is 0 Å². The minimum Gasteiger partial charge on any atom is -0.324 e. The highest BCUT2D eigenvalue weighted by atomic mass is 32.2. The summed E-state index contributed by atoms with van der Waals surface area (Å²) in [5.41, 5.74) is 2.56. The van der Waals surface area contributed by atoms with E-state index >= 15 is 0 Å². The van der Waals surface area contributed by atoms with E-state index in [2.05, 4.69) is 20.4 Å². The van der Waals surface area contributed by atoms with Crippen LogP contribution in [0.5, 0.6) is 0 Å². The Kier molecular flexibility index (Phi) is 4.33. The first-order valence-corrected chi connectivity index (χ1v) is 10.2. The van der Waals surface area contributed by atoms with Crippen molar-refractivity contribution in [1.29, 1.82) is 0 Å². The highest BCUT2D eigenvalue weighted by Crippen LogP contribution is 2.19. The summed E-state index contributed by atoms with van der Waals surface area (Å²) in [4.78, 5) is 9.13. The van der Waals surface area contributed by atoms with Gasteiger partial charge in [0, 0.05) is 18.1 Å². The average molecular weight is 379 g/mol. The summed E-state index contributed by atoms with van der Waals surface area (Å²) in [5.74, 6) is 0.421. The number of benzene rings is 2. The van der Waals surface area contributed by atoms with Crippen LogP contribution in [-0.4, -0.2) is 34.4 Å². The van der Waals surface area contributed by atoms with Crippen molar-refractivity contribution in [2.24, 2.45) is 0 Å². The maximum Gasteiger partial charge on any atom is 0.229 e. The van der Waals surface area contributed by atoms with Crippen molar-refractivity contribution in [2.75, 3.05) is 11.6 Å². The van der Waals surface area contributed by atoms with E-state index in [0.717, 1.165) is 16.6 Å². The molecule has 2 heterocycles. The van der Waals surface area contributed by atoms with Crippen molar-refractivity contribution in [2.45, 2.75) is 11.4 Å². The van der Waals surface area contributed by atoms with Gasteiger partial charge in [0.15, 0.2) is 15.5 Å². The largest absolute Gasteiger partial charge is 0.324 e. The fraction of sp³-hybridized carbons (Fsp3) is 0.105. The first kappa shape index (κ1) is 17.2. The average Bonchev–Trinajstić information content (AvgIpc) is 3.04. The van der Waals surface area contributed by atoms with E-state index in [1.165, 1.54) is 6.26 Å². The van der Waals surface area contributed by atoms with Gasteiger partial charge in [-0.3, -0.25) is 0 Å². The Hall–Kier alpha value is -3.26. The molecule has 0 aliphatic carbocycles. The molecule has 2 aromatic carbocycles. The molecule has 0 radical (unpaired) electrons. The summed E-state index contributed by atoms with van der Waals surface area (Å²) in [5, 5.41) is 8.35. The molecule has 4 aromatic rings. The van der Waals surface area contributed by atoms with Crippen molar-refractivity contribution >= 4 is 32.5 Å².